The predicted octanol–water partition coefficient (Wildman–Crippen LogP) is 14.0. The molecule has 0 saturated heterocycles. The van der Waals surface area contributed by atoms with Gasteiger partial charge < -0.3 is 0 Å². The van der Waals surface area contributed by atoms with Crippen LogP contribution in [-0.2, 0) is 15.9 Å². The first kappa shape index (κ1) is 41.9. The number of aliphatic imine (C=N–C) groups is 2. The number of benzene rings is 8. The molecule has 0 aromatic heterocycles. The van der Waals surface area contributed by atoms with Gasteiger partial charge in [0, 0.05) is 11.1 Å². The predicted molar refractivity (Wildman–Crippen MR) is 262 cm³/mol. The van der Waals surface area contributed by atoms with Crippen molar-refractivity contribution >= 4 is 34.2 Å². The summed E-state index contributed by atoms with van der Waals surface area (Å²) < 4.78 is 0. The molecule has 2 heterocycles. The molecule has 8 aromatic rings. The second-order valence-electron chi connectivity index (χ2n) is 16.0. The molecule has 10 rings (SSSR count). The lowest BCUT2D eigenvalue weighted by molar-refractivity contribution is 0.0802. The summed E-state index contributed by atoms with van der Waals surface area (Å²) in [6.07, 6.45) is 4.62. The number of fused-ring (bicyclic) bond motifs is 2. The highest BCUT2D eigenvalue weighted by Gasteiger charge is 2.54. The Labute approximate surface area is 377 Å². The molecule has 6 heteroatoms. The summed E-state index contributed by atoms with van der Waals surface area (Å²) in [5.74, 6) is 0. The Hall–Kier alpha value is -7.38. The summed E-state index contributed by atoms with van der Waals surface area (Å²) in [5.41, 5.74) is 9.89. The average molecular weight is 837 g/mol. The van der Waals surface area contributed by atoms with Gasteiger partial charge in [0.25, 0.3) is 0 Å². The second-order valence-corrected chi connectivity index (χ2v) is 16.0. The van der Waals surface area contributed by atoms with Gasteiger partial charge in [-0.05, 0) is 65.1 Å². The van der Waals surface area contributed by atoms with E-state index in [0.29, 0.717) is 6.61 Å². The van der Waals surface area contributed by atoms with Gasteiger partial charge >= 0.3 is 0 Å². The molecule has 0 spiro atoms. The molecule has 0 unspecified atom stereocenters. The van der Waals surface area contributed by atoms with Crippen molar-refractivity contribution in [1.29, 1.82) is 0 Å². The van der Waals surface area contributed by atoms with Gasteiger partial charge in [-0.1, -0.05) is 220 Å². The summed E-state index contributed by atoms with van der Waals surface area (Å²) in [6, 6.07) is 77.9. The Morgan fingerprint density at radius 3 is 1.22 bits per heavy atom. The number of anilines is 2. The highest BCUT2D eigenvalue weighted by atomic mass is 16.7. The molecule has 2 aliphatic rings. The Morgan fingerprint density at radius 1 is 0.406 bits per heavy atom. The smallest absolute Gasteiger partial charge is 0.160 e. The van der Waals surface area contributed by atoms with Crippen LogP contribution < -0.4 is 10.1 Å². The van der Waals surface area contributed by atoms with Crippen molar-refractivity contribution < 1.29 is 10.0 Å². The molecule has 0 aliphatic carbocycles. The second kappa shape index (κ2) is 19.3. The number of hydrogen-bond donors (Lipinski definition) is 1. The molecular weight excluding hydrogens is 785 g/mol. The normalized spacial score (nSPS) is 15.7. The van der Waals surface area contributed by atoms with Crippen LogP contribution in [-0.4, -0.2) is 23.2 Å². The van der Waals surface area contributed by atoms with Crippen LogP contribution in [0.1, 0.15) is 66.0 Å². The van der Waals surface area contributed by atoms with Crippen LogP contribution in [0.4, 0.5) is 22.7 Å². The van der Waals surface area contributed by atoms with E-state index in [-0.39, 0.29) is 0 Å². The van der Waals surface area contributed by atoms with E-state index in [9.17, 15) is 5.21 Å². The zero-order valence-electron chi connectivity index (χ0n) is 36.1. The third kappa shape index (κ3) is 7.83. The average Bonchev–Trinajstić information content (AvgIpc) is 3.79. The summed E-state index contributed by atoms with van der Waals surface area (Å²) in [5, 5.41) is 15.1. The number of nitrogens with zero attached hydrogens (tertiary/aromatic N) is 4. The van der Waals surface area contributed by atoms with Gasteiger partial charge in [0.1, 0.15) is 0 Å². The van der Waals surface area contributed by atoms with Gasteiger partial charge in [-0.3, -0.25) is 10.0 Å². The Bertz CT molecular complexity index is 2720. The maximum atomic E-state index is 11.6. The molecule has 2 aliphatic heterocycles. The van der Waals surface area contributed by atoms with Crippen LogP contribution in [0.2, 0.25) is 0 Å². The van der Waals surface area contributed by atoms with Gasteiger partial charge in [0.05, 0.1) is 40.8 Å². The van der Waals surface area contributed by atoms with Crippen LogP contribution in [0.25, 0.3) is 0 Å². The minimum atomic E-state index is -0.942. The van der Waals surface area contributed by atoms with E-state index >= 15 is 0 Å². The SMILES string of the molecule is CCCCCCON1c2ccccc2C(=Nc2ccccc2)C1(c1ccccc1)c1ccccc1.ON1c2ccccc2C(=Nc2ccccc2)C1(c1ccccc1)c1ccccc1. The van der Waals surface area contributed by atoms with E-state index in [1.807, 2.05) is 133 Å². The fourth-order valence-corrected chi connectivity index (χ4v) is 9.13. The van der Waals surface area contributed by atoms with E-state index in [4.69, 9.17) is 14.8 Å². The first-order valence-corrected chi connectivity index (χ1v) is 22.3. The molecular formula is C58H52N4O2. The van der Waals surface area contributed by atoms with Gasteiger partial charge in [-0.25, -0.2) is 20.1 Å². The maximum Gasteiger partial charge on any atom is 0.160 e. The molecule has 0 atom stereocenters. The van der Waals surface area contributed by atoms with Crippen LogP contribution in [0.3, 0.4) is 0 Å². The quantitative estimate of drug-likeness (QED) is 0.125. The molecule has 1 N–H and O–H groups in total. The van der Waals surface area contributed by atoms with Crippen molar-refractivity contribution in [3.05, 3.63) is 264 Å². The summed E-state index contributed by atoms with van der Waals surface area (Å²) >= 11 is 0. The molecule has 0 fully saturated rings. The Balaban J connectivity index is 0.000000165. The largest absolute Gasteiger partial charge is 0.287 e. The van der Waals surface area contributed by atoms with Crippen molar-refractivity contribution in [3.8, 4) is 0 Å². The summed E-state index contributed by atoms with van der Waals surface area (Å²) in [4.78, 5) is 17.1. The highest BCUT2D eigenvalue weighted by molar-refractivity contribution is 6.20. The number of para-hydroxylation sites is 4. The third-order valence-electron chi connectivity index (χ3n) is 12.1. The molecule has 8 aromatic carbocycles. The van der Waals surface area contributed by atoms with E-state index in [0.717, 1.165) is 74.0 Å². The van der Waals surface area contributed by atoms with Gasteiger partial charge in [0.15, 0.2) is 11.1 Å². The highest BCUT2D eigenvalue weighted by Crippen LogP contribution is 2.51. The number of unbranched alkanes of at least 4 members (excludes halogenated alkanes) is 3. The Kier molecular flexibility index (Phi) is 12.7. The van der Waals surface area contributed by atoms with Gasteiger partial charge in [0.2, 0.25) is 0 Å². The minimum absolute atomic E-state index is 0.661. The van der Waals surface area contributed by atoms with E-state index < -0.39 is 11.1 Å². The van der Waals surface area contributed by atoms with Crippen molar-refractivity contribution in [2.45, 2.75) is 43.7 Å². The molecule has 0 saturated carbocycles. The number of rotatable bonds is 12. The molecule has 0 amide bonds. The van der Waals surface area contributed by atoms with E-state index in [1.54, 1.807) is 0 Å². The fraction of sp³-hybridized carbons (Fsp3) is 0.138. The first-order valence-electron chi connectivity index (χ1n) is 22.3. The molecule has 6 nitrogen and oxygen atoms in total. The summed E-state index contributed by atoms with van der Waals surface area (Å²) in [6.45, 7) is 2.90. The van der Waals surface area contributed by atoms with E-state index in [1.165, 1.54) is 24.3 Å². The van der Waals surface area contributed by atoms with Crippen LogP contribution in [0.5, 0.6) is 0 Å². The zero-order valence-corrected chi connectivity index (χ0v) is 36.1. The van der Waals surface area contributed by atoms with Crippen molar-refractivity contribution in [3.63, 3.8) is 0 Å². The van der Waals surface area contributed by atoms with Crippen LogP contribution in [0.15, 0.2) is 241 Å². The molecule has 0 bridgehead atoms. The lowest BCUT2D eigenvalue weighted by atomic mass is 9.78. The first-order chi connectivity index (χ1) is 31.7. The molecule has 316 valence electrons. The minimum Gasteiger partial charge on any atom is -0.287 e. The van der Waals surface area contributed by atoms with Gasteiger partial charge in [-0.2, -0.15) is 0 Å². The van der Waals surface area contributed by atoms with Gasteiger partial charge in [-0.15, -0.1) is 0 Å². The van der Waals surface area contributed by atoms with Crippen LogP contribution in [0, 0.1) is 0 Å². The lowest BCUT2D eigenvalue weighted by Crippen LogP contribution is -2.49. The molecule has 0 radical (unpaired) electrons. The third-order valence-corrected chi connectivity index (χ3v) is 12.1. The zero-order chi connectivity index (χ0) is 43.6. The Morgan fingerprint density at radius 2 is 0.766 bits per heavy atom. The van der Waals surface area contributed by atoms with Crippen molar-refractivity contribution in [1.82, 2.24) is 0 Å². The van der Waals surface area contributed by atoms with Crippen LogP contribution >= 0.6 is 0 Å². The number of hydroxylamine groups is 2. The maximum absolute atomic E-state index is 11.6. The van der Waals surface area contributed by atoms with Crippen molar-refractivity contribution in [2.24, 2.45) is 9.98 Å². The topological polar surface area (TPSA) is 60.7 Å². The summed E-state index contributed by atoms with van der Waals surface area (Å²) in [7, 11) is 0. The van der Waals surface area contributed by atoms with Crippen molar-refractivity contribution in [2.75, 3.05) is 16.7 Å². The fourth-order valence-electron chi connectivity index (χ4n) is 9.13. The molecule has 64 heavy (non-hydrogen) atoms. The monoisotopic (exact) mass is 836 g/mol. The number of hydrogen-bond acceptors (Lipinski definition) is 6. The standard InChI is InChI=1S/C32H32N2O.C26H20N2O/c1-2-3-4-16-25-35-34-30-24-15-14-23-29(30)31(33-28-21-12-7-13-22-28)32(34,26-17-8-5-9-18-26)27-19-10-6-11-20-27;29-28-24-19-11-10-18-23(24)25(27-22-16-8-3-9-17-22)26(28,20-12-4-1-5-13-20)21-14-6-2-7-15-21/h5-15,17-24H,2-4,16,25H2,1H3;1-19,29H. The van der Waals surface area contributed by atoms with E-state index in [2.05, 4.69) is 109 Å². The lowest BCUT2D eigenvalue weighted by Gasteiger charge is -2.40.